The van der Waals surface area contributed by atoms with E-state index in [0.29, 0.717) is 29.8 Å². The summed E-state index contributed by atoms with van der Waals surface area (Å²) in [6, 6.07) is 3.91. The van der Waals surface area contributed by atoms with Crippen molar-refractivity contribution in [3.05, 3.63) is 24.0 Å². The van der Waals surface area contributed by atoms with E-state index in [9.17, 15) is 8.60 Å². The van der Waals surface area contributed by atoms with Crippen LogP contribution < -0.4 is 5.73 Å². The van der Waals surface area contributed by atoms with Crippen molar-refractivity contribution in [2.45, 2.75) is 18.7 Å². The quantitative estimate of drug-likeness (QED) is 0.629. The minimum absolute atomic E-state index is 0.229. The molecule has 0 spiro atoms. The molecule has 17 heavy (non-hydrogen) atoms. The molecule has 0 aliphatic rings. The molecule has 1 aromatic carbocycles. The normalized spacial score (nSPS) is 12.9. The first-order chi connectivity index (χ1) is 8.00. The van der Waals surface area contributed by atoms with Crippen molar-refractivity contribution < 1.29 is 13.3 Å². The second-order valence-electron chi connectivity index (χ2n) is 4.20. The van der Waals surface area contributed by atoms with E-state index in [-0.39, 0.29) is 5.69 Å². The van der Waals surface area contributed by atoms with Crippen LogP contribution in [-0.4, -0.2) is 23.2 Å². The van der Waals surface area contributed by atoms with Crippen LogP contribution in [-0.2, 0) is 15.5 Å². The van der Waals surface area contributed by atoms with E-state index >= 15 is 0 Å². The standard InChI is InChI=1S/C12H18FNO2S/c1-9(2)8-16-5-6-17(15)12-4-3-10(13)7-11(12)14/h3-4,7,9H,5-6,8,14H2,1-2H3. The van der Waals surface area contributed by atoms with Gasteiger partial charge < -0.3 is 10.5 Å². The molecular weight excluding hydrogens is 241 g/mol. The van der Waals surface area contributed by atoms with Crippen molar-refractivity contribution in [1.29, 1.82) is 0 Å². The highest BCUT2D eigenvalue weighted by Gasteiger charge is 2.08. The molecule has 0 aliphatic carbocycles. The lowest BCUT2D eigenvalue weighted by Crippen LogP contribution is -2.11. The van der Waals surface area contributed by atoms with Gasteiger partial charge in [0.2, 0.25) is 0 Å². The number of hydrogen-bond donors (Lipinski definition) is 1. The molecule has 1 aromatic rings. The molecule has 0 heterocycles. The summed E-state index contributed by atoms with van der Waals surface area (Å²) in [6.07, 6.45) is 0. The van der Waals surface area contributed by atoms with Crippen molar-refractivity contribution >= 4 is 16.5 Å². The van der Waals surface area contributed by atoms with Gasteiger partial charge in [-0.05, 0) is 24.1 Å². The van der Waals surface area contributed by atoms with Crippen LogP contribution in [0.5, 0.6) is 0 Å². The Kier molecular flexibility index (Phi) is 5.58. The first-order valence-electron chi connectivity index (χ1n) is 5.52. The van der Waals surface area contributed by atoms with Gasteiger partial charge in [-0.25, -0.2) is 4.39 Å². The molecule has 1 rings (SSSR count). The summed E-state index contributed by atoms with van der Waals surface area (Å²) in [5.74, 6) is 0.418. The molecule has 0 bridgehead atoms. The van der Waals surface area contributed by atoms with Gasteiger partial charge in [0.05, 0.1) is 33.7 Å². The number of benzene rings is 1. The summed E-state index contributed by atoms with van der Waals surface area (Å²) in [5.41, 5.74) is 5.83. The fourth-order valence-corrected chi connectivity index (χ4v) is 2.32. The third kappa shape index (κ3) is 4.83. The molecule has 0 saturated heterocycles. The second-order valence-corrected chi connectivity index (χ2v) is 5.74. The zero-order valence-corrected chi connectivity index (χ0v) is 10.9. The molecular formula is C12H18FNO2S. The molecule has 2 N–H and O–H groups in total. The van der Waals surface area contributed by atoms with Gasteiger partial charge in [-0.1, -0.05) is 13.8 Å². The number of halogens is 1. The summed E-state index contributed by atoms with van der Waals surface area (Å²) >= 11 is 0. The lowest BCUT2D eigenvalue weighted by molar-refractivity contribution is 0.123. The van der Waals surface area contributed by atoms with Crippen molar-refractivity contribution in [2.24, 2.45) is 5.92 Å². The largest absolute Gasteiger partial charge is 0.398 e. The minimum Gasteiger partial charge on any atom is -0.398 e. The van der Waals surface area contributed by atoms with Crippen LogP contribution in [0.3, 0.4) is 0 Å². The average Bonchev–Trinajstić information content (AvgIpc) is 2.23. The monoisotopic (exact) mass is 259 g/mol. The highest BCUT2D eigenvalue weighted by molar-refractivity contribution is 7.85. The molecule has 5 heteroatoms. The smallest absolute Gasteiger partial charge is 0.125 e. The van der Waals surface area contributed by atoms with E-state index < -0.39 is 16.6 Å². The van der Waals surface area contributed by atoms with Crippen LogP contribution in [0.4, 0.5) is 10.1 Å². The number of nitrogens with two attached hydrogens (primary N) is 1. The van der Waals surface area contributed by atoms with Gasteiger partial charge >= 0.3 is 0 Å². The Hall–Kier alpha value is -0.940. The van der Waals surface area contributed by atoms with E-state index in [0.717, 1.165) is 0 Å². The fraction of sp³-hybridized carbons (Fsp3) is 0.500. The molecule has 1 unspecified atom stereocenters. The van der Waals surface area contributed by atoms with Gasteiger partial charge in [-0.2, -0.15) is 0 Å². The number of ether oxygens (including phenoxy) is 1. The van der Waals surface area contributed by atoms with Crippen molar-refractivity contribution in [3.8, 4) is 0 Å². The first-order valence-corrected chi connectivity index (χ1v) is 6.83. The molecule has 0 aliphatic heterocycles. The van der Waals surface area contributed by atoms with E-state index in [1.807, 2.05) is 0 Å². The van der Waals surface area contributed by atoms with Crippen LogP contribution >= 0.6 is 0 Å². The number of hydrogen-bond acceptors (Lipinski definition) is 3. The Morgan fingerprint density at radius 1 is 1.47 bits per heavy atom. The molecule has 0 fully saturated rings. The van der Waals surface area contributed by atoms with Crippen LogP contribution in [0, 0.1) is 11.7 Å². The highest BCUT2D eigenvalue weighted by atomic mass is 32.2. The van der Waals surface area contributed by atoms with Gasteiger partial charge in [-0.3, -0.25) is 4.21 Å². The highest BCUT2D eigenvalue weighted by Crippen LogP contribution is 2.17. The second kappa shape index (κ2) is 6.71. The summed E-state index contributed by atoms with van der Waals surface area (Å²) in [5, 5.41) is 0. The number of rotatable bonds is 6. The van der Waals surface area contributed by atoms with Crippen LogP contribution in [0.1, 0.15) is 13.8 Å². The van der Waals surface area contributed by atoms with Gasteiger partial charge in [0, 0.05) is 6.61 Å². The lowest BCUT2D eigenvalue weighted by Gasteiger charge is -2.08. The Bertz CT molecular complexity index is 396. The van der Waals surface area contributed by atoms with Crippen molar-refractivity contribution in [2.75, 3.05) is 24.7 Å². The van der Waals surface area contributed by atoms with E-state index in [1.165, 1.54) is 18.2 Å². The maximum atomic E-state index is 12.8. The van der Waals surface area contributed by atoms with Gasteiger partial charge in [0.25, 0.3) is 0 Å². The van der Waals surface area contributed by atoms with Gasteiger partial charge in [0.15, 0.2) is 0 Å². The zero-order chi connectivity index (χ0) is 12.8. The number of nitrogen functional groups attached to an aromatic ring is 1. The van der Waals surface area contributed by atoms with Gasteiger partial charge in [0.1, 0.15) is 5.82 Å². The van der Waals surface area contributed by atoms with Crippen molar-refractivity contribution in [1.82, 2.24) is 0 Å². The Labute approximate surface area is 104 Å². The third-order valence-electron chi connectivity index (χ3n) is 2.08. The molecule has 0 aromatic heterocycles. The van der Waals surface area contributed by atoms with E-state index in [1.54, 1.807) is 0 Å². The van der Waals surface area contributed by atoms with Gasteiger partial charge in [-0.15, -0.1) is 0 Å². The lowest BCUT2D eigenvalue weighted by atomic mass is 10.2. The number of anilines is 1. The van der Waals surface area contributed by atoms with Crippen molar-refractivity contribution in [3.63, 3.8) is 0 Å². The molecule has 0 radical (unpaired) electrons. The van der Waals surface area contributed by atoms with E-state index in [2.05, 4.69) is 13.8 Å². The Balaban J connectivity index is 2.47. The molecule has 96 valence electrons. The fourth-order valence-electron chi connectivity index (χ4n) is 1.29. The van der Waals surface area contributed by atoms with Crippen LogP contribution in [0.15, 0.2) is 23.1 Å². The van der Waals surface area contributed by atoms with Crippen LogP contribution in [0.25, 0.3) is 0 Å². The van der Waals surface area contributed by atoms with E-state index in [4.69, 9.17) is 10.5 Å². The maximum Gasteiger partial charge on any atom is 0.125 e. The average molecular weight is 259 g/mol. The Morgan fingerprint density at radius 3 is 2.76 bits per heavy atom. The first kappa shape index (κ1) is 14.1. The molecule has 0 saturated carbocycles. The summed E-state index contributed by atoms with van der Waals surface area (Å²) in [7, 11) is -1.23. The topological polar surface area (TPSA) is 52.3 Å². The zero-order valence-electron chi connectivity index (χ0n) is 10.1. The van der Waals surface area contributed by atoms with Crippen LogP contribution in [0.2, 0.25) is 0 Å². The predicted octanol–water partition coefficient (Wildman–Crippen LogP) is 2.19. The minimum atomic E-state index is -1.23. The summed E-state index contributed by atoms with van der Waals surface area (Å²) < 4.78 is 30.0. The summed E-state index contributed by atoms with van der Waals surface area (Å²) in [4.78, 5) is 0.472. The maximum absolute atomic E-state index is 12.8. The predicted molar refractivity (Wildman–Crippen MR) is 67.7 cm³/mol. The molecule has 0 amide bonds. The molecule has 3 nitrogen and oxygen atoms in total. The molecule has 1 atom stereocenters. The summed E-state index contributed by atoms with van der Waals surface area (Å²) in [6.45, 7) is 5.17. The SMILES string of the molecule is CC(C)COCCS(=O)c1ccc(F)cc1N. The Morgan fingerprint density at radius 2 is 2.18 bits per heavy atom. The third-order valence-corrected chi connectivity index (χ3v) is 3.48.